The molecular weight excluding hydrogens is 624 g/mol. The molecule has 0 bridgehead atoms. The van der Waals surface area contributed by atoms with Gasteiger partial charge < -0.3 is 24.3 Å². The number of amides is 3. The van der Waals surface area contributed by atoms with Crippen LogP contribution in [-0.4, -0.2) is 84.9 Å². The van der Waals surface area contributed by atoms with Crippen LogP contribution in [0.4, 0.5) is 5.82 Å². The molecule has 49 heavy (non-hydrogen) atoms. The predicted octanol–water partition coefficient (Wildman–Crippen LogP) is 3.81. The van der Waals surface area contributed by atoms with Crippen molar-refractivity contribution in [3.05, 3.63) is 81.4 Å². The summed E-state index contributed by atoms with van der Waals surface area (Å²) >= 11 is 0. The molecule has 254 valence electrons. The summed E-state index contributed by atoms with van der Waals surface area (Å²) in [5.41, 5.74) is 5.17. The van der Waals surface area contributed by atoms with Gasteiger partial charge in [0.05, 0.1) is 25.2 Å². The zero-order valence-corrected chi connectivity index (χ0v) is 28.2. The number of nitrogens with one attached hydrogen (secondary N) is 2. The van der Waals surface area contributed by atoms with Gasteiger partial charge in [-0.05, 0) is 79.2 Å². The fraction of sp³-hybridized carbons (Fsp3) is 0.378. The summed E-state index contributed by atoms with van der Waals surface area (Å²) in [5, 5.41) is 3.67. The molecular formula is C37H40N6O6. The van der Waals surface area contributed by atoms with Crippen molar-refractivity contribution in [3.8, 4) is 22.6 Å². The molecule has 1 atom stereocenters. The second-order valence-corrected chi connectivity index (χ2v) is 13.2. The second-order valence-electron chi connectivity index (χ2n) is 13.2. The first-order valence-electron chi connectivity index (χ1n) is 16.6. The minimum absolute atomic E-state index is 0.143. The Hall–Kier alpha value is -5.23. The van der Waals surface area contributed by atoms with Crippen LogP contribution >= 0.6 is 0 Å². The Bertz CT molecular complexity index is 2010. The zero-order chi connectivity index (χ0) is 34.4. The monoisotopic (exact) mass is 664 g/mol. The van der Waals surface area contributed by atoms with E-state index in [1.807, 2.05) is 49.3 Å². The zero-order valence-electron chi connectivity index (χ0n) is 28.2. The smallest absolute Gasteiger partial charge is 0.257 e. The number of ether oxygens (including phenoxy) is 2. The molecule has 3 aliphatic heterocycles. The summed E-state index contributed by atoms with van der Waals surface area (Å²) in [7, 11) is 7.14. The van der Waals surface area contributed by atoms with E-state index in [9.17, 15) is 19.2 Å². The maximum Gasteiger partial charge on any atom is 0.257 e. The van der Waals surface area contributed by atoms with Crippen molar-refractivity contribution in [2.45, 2.75) is 50.7 Å². The number of likely N-dealkylation sites (tertiary alicyclic amines) is 1. The summed E-state index contributed by atoms with van der Waals surface area (Å²) in [6.45, 7) is 2.74. The first kappa shape index (κ1) is 32.3. The molecule has 2 aromatic carbocycles. The predicted molar refractivity (Wildman–Crippen MR) is 185 cm³/mol. The Morgan fingerprint density at radius 3 is 2.33 bits per heavy atom. The van der Waals surface area contributed by atoms with Crippen molar-refractivity contribution in [2.24, 2.45) is 0 Å². The highest BCUT2D eigenvalue weighted by Gasteiger charge is 2.39. The SMILES string of the molecule is COc1cc(-c2c[nH]c(=O)c3cnc(N(C)C)cc23)cc(OC)c1CN1CCC(c2ccc3c(c2)C(=O)N(C2CCC(=O)NC2=O)C3)CC1. The Labute approximate surface area is 284 Å². The third-order valence-corrected chi connectivity index (χ3v) is 10.1. The third-order valence-electron chi connectivity index (χ3n) is 10.1. The molecule has 2 fully saturated rings. The van der Waals surface area contributed by atoms with Gasteiger partial charge >= 0.3 is 0 Å². The third kappa shape index (κ3) is 6.01. The summed E-state index contributed by atoms with van der Waals surface area (Å²) in [5.74, 6) is 1.64. The molecule has 4 aromatic rings. The number of carbonyl (C=O) groups is 3. The van der Waals surface area contributed by atoms with Gasteiger partial charge in [0, 0.05) is 62.5 Å². The highest BCUT2D eigenvalue weighted by molar-refractivity contribution is 6.05. The van der Waals surface area contributed by atoms with Crippen LogP contribution < -0.4 is 25.2 Å². The molecule has 5 heterocycles. The van der Waals surface area contributed by atoms with Crippen molar-refractivity contribution >= 4 is 34.3 Å². The summed E-state index contributed by atoms with van der Waals surface area (Å²) in [4.78, 5) is 63.3. The van der Waals surface area contributed by atoms with E-state index in [0.717, 1.165) is 65.0 Å². The van der Waals surface area contributed by atoms with Crippen LogP contribution in [0.2, 0.25) is 0 Å². The van der Waals surface area contributed by atoms with Gasteiger partial charge in [0.25, 0.3) is 11.5 Å². The Morgan fingerprint density at radius 1 is 0.918 bits per heavy atom. The van der Waals surface area contributed by atoms with Gasteiger partial charge in [0.1, 0.15) is 23.4 Å². The number of hydrogen-bond donors (Lipinski definition) is 2. The number of nitrogens with zero attached hydrogens (tertiary/aromatic N) is 4. The molecule has 2 aromatic heterocycles. The van der Waals surface area contributed by atoms with Crippen LogP contribution in [-0.2, 0) is 22.7 Å². The van der Waals surface area contributed by atoms with Crippen LogP contribution in [0, 0.1) is 0 Å². The van der Waals surface area contributed by atoms with Crippen LogP contribution in [0.25, 0.3) is 21.9 Å². The lowest BCUT2D eigenvalue weighted by Crippen LogP contribution is -2.52. The first-order chi connectivity index (χ1) is 23.6. The number of anilines is 1. The van der Waals surface area contributed by atoms with Crippen molar-refractivity contribution in [3.63, 3.8) is 0 Å². The standard InChI is InChI=1S/C37H40N6O6/c1-41(2)33-16-26-27(17-39-35(45)28(26)18-38-33)24-14-31(48-3)29(32(15-24)49-4)20-42-11-9-21(10-12-42)22-5-6-23-19-43(37(47)25(23)13-22)30-7-8-34(44)40-36(30)46/h5-6,13-18,21,30H,7-12,19-20H2,1-4H3,(H,39,45)(H,40,44,46). The number of aromatic nitrogens is 2. The first-order valence-corrected chi connectivity index (χ1v) is 16.6. The van der Waals surface area contributed by atoms with Gasteiger partial charge in [0.15, 0.2) is 0 Å². The number of pyridine rings is 2. The van der Waals surface area contributed by atoms with E-state index in [1.54, 1.807) is 31.5 Å². The number of piperidine rings is 2. The van der Waals surface area contributed by atoms with Crippen molar-refractivity contribution in [1.29, 1.82) is 0 Å². The highest BCUT2D eigenvalue weighted by Crippen LogP contribution is 2.40. The van der Waals surface area contributed by atoms with Crippen LogP contribution in [0.3, 0.4) is 0 Å². The largest absolute Gasteiger partial charge is 0.496 e. The lowest BCUT2D eigenvalue weighted by Gasteiger charge is -2.33. The molecule has 12 heteroatoms. The minimum atomic E-state index is -0.614. The van der Waals surface area contributed by atoms with E-state index < -0.39 is 11.9 Å². The molecule has 0 saturated carbocycles. The molecule has 0 radical (unpaired) electrons. The van der Waals surface area contributed by atoms with Crippen molar-refractivity contribution in [2.75, 3.05) is 46.3 Å². The van der Waals surface area contributed by atoms with Gasteiger partial charge in [0.2, 0.25) is 11.8 Å². The number of aromatic amines is 1. The number of imide groups is 1. The number of benzene rings is 2. The minimum Gasteiger partial charge on any atom is -0.496 e. The fourth-order valence-corrected chi connectivity index (χ4v) is 7.39. The highest BCUT2D eigenvalue weighted by atomic mass is 16.5. The maximum absolute atomic E-state index is 13.4. The number of methoxy groups -OCH3 is 2. The van der Waals surface area contributed by atoms with Gasteiger partial charge in [-0.2, -0.15) is 0 Å². The Morgan fingerprint density at radius 2 is 1.65 bits per heavy atom. The number of fused-ring (bicyclic) bond motifs is 2. The lowest BCUT2D eigenvalue weighted by atomic mass is 9.87. The van der Waals surface area contributed by atoms with Gasteiger partial charge in [-0.3, -0.25) is 29.4 Å². The van der Waals surface area contributed by atoms with Crippen LogP contribution in [0.15, 0.2) is 53.6 Å². The maximum atomic E-state index is 13.4. The topological polar surface area (TPSA) is 137 Å². The van der Waals surface area contributed by atoms with E-state index in [-0.39, 0.29) is 23.8 Å². The van der Waals surface area contributed by atoms with E-state index >= 15 is 0 Å². The van der Waals surface area contributed by atoms with Crippen LogP contribution in [0.5, 0.6) is 11.5 Å². The molecule has 3 aliphatic rings. The normalized spacial score (nSPS) is 18.5. The lowest BCUT2D eigenvalue weighted by molar-refractivity contribution is -0.136. The molecule has 0 aliphatic carbocycles. The average molecular weight is 665 g/mol. The molecule has 1 unspecified atom stereocenters. The number of rotatable bonds is 8. The number of hydrogen-bond acceptors (Lipinski definition) is 9. The van der Waals surface area contributed by atoms with E-state index in [2.05, 4.69) is 26.3 Å². The average Bonchev–Trinajstić information content (AvgIpc) is 3.43. The Kier molecular flexibility index (Phi) is 8.57. The van der Waals surface area contributed by atoms with Crippen molar-refractivity contribution < 1.29 is 23.9 Å². The quantitative estimate of drug-likeness (QED) is 0.270. The molecule has 2 saturated heterocycles. The summed E-state index contributed by atoms with van der Waals surface area (Å²) < 4.78 is 11.8. The van der Waals surface area contributed by atoms with Gasteiger partial charge in [-0.1, -0.05) is 12.1 Å². The van der Waals surface area contributed by atoms with E-state index in [1.165, 1.54) is 0 Å². The second kappa shape index (κ2) is 13.0. The molecule has 7 rings (SSSR count). The van der Waals surface area contributed by atoms with Crippen molar-refractivity contribution in [1.82, 2.24) is 25.1 Å². The van der Waals surface area contributed by atoms with Gasteiger partial charge in [-0.15, -0.1) is 0 Å². The summed E-state index contributed by atoms with van der Waals surface area (Å²) in [6.07, 6.45) is 5.78. The fourth-order valence-electron chi connectivity index (χ4n) is 7.39. The van der Waals surface area contributed by atoms with Gasteiger partial charge in [-0.25, -0.2) is 4.98 Å². The van der Waals surface area contributed by atoms with Crippen LogP contribution in [0.1, 0.15) is 58.6 Å². The van der Waals surface area contributed by atoms with E-state index in [0.29, 0.717) is 47.9 Å². The number of H-pyrrole nitrogens is 1. The van der Waals surface area contributed by atoms with E-state index in [4.69, 9.17) is 9.47 Å². The molecule has 12 nitrogen and oxygen atoms in total. The number of carbonyl (C=O) groups excluding carboxylic acids is 3. The molecule has 0 spiro atoms. The Balaban J connectivity index is 1.07. The molecule has 2 N–H and O–H groups in total. The summed E-state index contributed by atoms with van der Waals surface area (Å²) in [6, 6.07) is 11.4. The molecule has 3 amide bonds.